The number of nitrogens with zero attached hydrogens (tertiary/aromatic N) is 4. The summed E-state index contributed by atoms with van der Waals surface area (Å²) in [4.78, 5) is 8.89. The van der Waals surface area contributed by atoms with E-state index in [1.807, 2.05) is 16.0 Å². The van der Waals surface area contributed by atoms with E-state index >= 15 is 0 Å². The van der Waals surface area contributed by atoms with Crippen LogP contribution in [0.4, 0.5) is 0 Å². The minimum atomic E-state index is 0.400. The summed E-state index contributed by atoms with van der Waals surface area (Å²) in [5.74, 6) is 0.863. The molecule has 166 valence electrons. The highest BCUT2D eigenvalue weighted by Crippen LogP contribution is 2.27. The molecule has 0 aromatic carbocycles. The van der Waals surface area contributed by atoms with Crippen LogP contribution in [-0.2, 0) is 17.8 Å². The molecule has 1 unspecified atom stereocenters. The van der Waals surface area contributed by atoms with Gasteiger partial charge in [0.1, 0.15) is 0 Å². The molecular weight excluding hydrogens is 396 g/mol. The summed E-state index contributed by atoms with van der Waals surface area (Å²) in [6, 6.07) is 4.80. The number of aryl methyl sites for hydroxylation is 1. The molecule has 3 rings (SSSR count). The van der Waals surface area contributed by atoms with Crippen LogP contribution in [0.2, 0.25) is 0 Å². The first-order valence-electron chi connectivity index (χ1n) is 11.0. The summed E-state index contributed by atoms with van der Waals surface area (Å²) in [5.41, 5.74) is 3.40. The van der Waals surface area contributed by atoms with Crippen molar-refractivity contribution >= 4 is 17.3 Å². The second-order valence-electron chi connectivity index (χ2n) is 7.72. The Morgan fingerprint density at radius 1 is 1.30 bits per heavy atom. The number of likely N-dealkylation sites (tertiary alicyclic amines) is 1. The number of nitrogens with one attached hydrogen (secondary N) is 2. The van der Waals surface area contributed by atoms with Gasteiger partial charge < -0.3 is 15.4 Å². The molecular formula is C22H36N6OS. The van der Waals surface area contributed by atoms with E-state index in [0.717, 1.165) is 37.0 Å². The van der Waals surface area contributed by atoms with Gasteiger partial charge in [0.15, 0.2) is 5.96 Å². The van der Waals surface area contributed by atoms with Gasteiger partial charge in [0.25, 0.3) is 0 Å². The molecule has 0 radical (unpaired) electrons. The summed E-state index contributed by atoms with van der Waals surface area (Å²) in [5, 5.41) is 13.8. The van der Waals surface area contributed by atoms with Crippen molar-refractivity contribution in [2.75, 3.05) is 39.9 Å². The molecule has 2 N–H and O–H groups in total. The van der Waals surface area contributed by atoms with E-state index in [4.69, 9.17) is 9.73 Å². The fourth-order valence-corrected chi connectivity index (χ4v) is 4.86. The van der Waals surface area contributed by atoms with Crippen LogP contribution in [0.15, 0.2) is 22.5 Å². The first-order valence-corrected chi connectivity index (χ1v) is 11.8. The lowest BCUT2D eigenvalue weighted by molar-refractivity contribution is 0.182. The molecule has 1 aliphatic rings. The third-order valence-electron chi connectivity index (χ3n) is 5.69. The first kappa shape index (κ1) is 22.8. The SMILES string of the molecule is CCNC(=NCc1c(C)nn(CCOC)c1C)NCC(c1cccs1)N1CCCC1. The summed E-state index contributed by atoms with van der Waals surface area (Å²) < 4.78 is 7.21. The van der Waals surface area contributed by atoms with E-state index in [-0.39, 0.29) is 0 Å². The van der Waals surface area contributed by atoms with E-state index in [0.29, 0.717) is 19.2 Å². The number of thiophene rings is 1. The van der Waals surface area contributed by atoms with Crippen LogP contribution in [0.3, 0.4) is 0 Å². The Morgan fingerprint density at radius 2 is 2.10 bits per heavy atom. The quantitative estimate of drug-likeness (QED) is 0.446. The summed E-state index contributed by atoms with van der Waals surface area (Å²) in [7, 11) is 1.72. The van der Waals surface area contributed by atoms with Crippen LogP contribution in [0.25, 0.3) is 0 Å². The number of ether oxygens (including phenoxy) is 1. The number of hydrogen-bond donors (Lipinski definition) is 2. The second-order valence-corrected chi connectivity index (χ2v) is 8.69. The van der Waals surface area contributed by atoms with E-state index in [9.17, 15) is 0 Å². The lowest BCUT2D eigenvalue weighted by atomic mass is 10.2. The Morgan fingerprint density at radius 3 is 2.77 bits per heavy atom. The molecule has 2 aromatic rings. The smallest absolute Gasteiger partial charge is 0.191 e. The molecule has 0 saturated carbocycles. The molecule has 0 amide bonds. The molecule has 3 heterocycles. The Labute approximate surface area is 184 Å². The number of hydrogen-bond acceptors (Lipinski definition) is 5. The van der Waals surface area contributed by atoms with Gasteiger partial charge in [-0.05, 0) is 58.1 Å². The Hall–Kier alpha value is -1.90. The number of guanidine groups is 1. The highest BCUT2D eigenvalue weighted by atomic mass is 32.1. The van der Waals surface area contributed by atoms with Crippen molar-refractivity contribution in [1.29, 1.82) is 0 Å². The molecule has 2 aromatic heterocycles. The number of aliphatic imine (C=N–C) groups is 1. The van der Waals surface area contributed by atoms with Crippen LogP contribution in [0, 0.1) is 13.8 Å². The highest BCUT2D eigenvalue weighted by molar-refractivity contribution is 7.10. The predicted octanol–water partition coefficient (Wildman–Crippen LogP) is 3.10. The summed E-state index contributed by atoms with van der Waals surface area (Å²) >= 11 is 1.84. The van der Waals surface area contributed by atoms with Gasteiger partial charge in [-0.3, -0.25) is 9.58 Å². The largest absolute Gasteiger partial charge is 0.383 e. The van der Waals surface area contributed by atoms with Crippen LogP contribution in [0.5, 0.6) is 0 Å². The zero-order valence-corrected chi connectivity index (χ0v) is 19.6. The van der Waals surface area contributed by atoms with Crippen LogP contribution in [0.1, 0.15) is 47.6 Å². The van der Waals surface area contributed by atoms with Crippen molar-refractivity contribution in [2.24, 2.45) is 4.99 Å². The van der Waals surface area contributed by atoms with Crippen molar-refractivity contribution in [3.8, 4) is 0 Å². The van der Waals surface area contributed by atoms with Crippen molar-refractivity contribution < 1.29 is 4.74 Å². The number of rotatable bonds is 10. The molecule has 0 bridgehead atoms. The van der Waals surface area contributed by atoms with Crippen LogP contribution >= 0.6 is 11.3 Å². The molecule has 8 heteroatoms. The van der Waals surface area contributed by atoms with Crippen molar-refractivity contribution in [2.45, 2.75) is 52.7 Å². The Bertz CT molecular complexity index is 795. The number of methoxy groups -OCH3 is 1. The van der Waals surface area contributed by atoms with Crippen molar-refractivity contribution in [3.05, 3.63) is 39.3 Å². The molecule has 1 saturated heterocycles. The topological polar surface area (TPSA) is 66.7 Å². The maximum atomic E-state index is 5.20. The van der Waals surface area contributed by atoms with Gasteiger partial charge >= 0.3 is 0 Å². The maximum Gasteiger partial charge on any atom is 0.191 e. The zero-order chi connectivity index (χ0) is 21.3. The third-order valence-corrected chi connectivity index (χ3v) is 6.67. The van der Waals surface area contributed by atoms with Crippen molar-refractivity contribution in [1.82, 2.24) is 25.3 Å². The van der Waals surface area contributed by atoms with Crippen LogP contribution in [-0.4, -0.2) is 60.5 Å². The fourth-order valence-electron chi connectivity index (χ4n) is 4.00. The first-order chi connectivity index (χ1) is 14.6. The lowest BCUT2D eigenvalue weighted by Gasteiger charge is -2.27. The fraction of sp³-hybridized carbons (Fsp3) is 0.636. The van der Waals surface area contributed by atoms with Gasteiger partial charge in [-0.25, -0.2) is 4.99 Å². The molecule has 1 fully saturated rings. The monoisotopic (exact) mass is 432 g/mol. The van der Waals surface area contributed by atoms with E-state index in [1.54, 1.807) is 7.11 Å². The van der Waals surface area contributed by atoms with Gasteiger partial charge in [0.05, 0.1) is 31.4 Å². The minimum Gasteiger partial charge on any atom is -0.383 e. The van der Waals surface area contributed by atoms with Gasteiger partial charge in [0.2, 0.25) is 0 Å². The molecule has 30 heavy (non-hydrogen) atoms. The minimum absolute atomic E-state index is 0.400. The molecule has 7 nitrogen and oxygen atoms in total. The lowest BCUT2D eigenvalue weighted by Crippen LogP contribution is -2.42. The zero-order valence-electron chi connectivity index (χ0n) is 18.8. The third kappa shape index (κ3) is 5.83. The predicted molar refractivity (Wildman–Crippen MR) is 124 cm³/mol. The molecule has 1 atom stereocenters. The van der Waals surface area contributed by atoms with Gasteiger partial charge in [-0.15, -0.1) is 11.3 Å². The average Bonchev–Trinajstić information content (AvgIpc) is 3.49. The molecule has 0 aliphatic carbocycles. The summed E-state index contributed by atoms with van der Waals surface area (Å²) in [6.07, 6.45) is 2.59. The molecule has 1 aliphatic heterocycles. The number of aromatic nitrogens is 2. The molecule has 0 spiro atoms. The average molecular weight is 433 g/mol. The standard InChI is InChI=1S/C22H36N6OS/c1-5-23-22(24-15-19-17(2)26-28(18(19)3)12-13-29-4)25-16-20(21-9-8-14-30-21)27-10-6-7-11-27/h8-9,14,20H,5-7,10-13,15-16H2,1-4H3,(H2,23,24,25). The summed E-state index contributed by atoms with van der Waals surface area (Å²) in [6.45, 7) is 12.4. The second kappa shape index (κ2) is 11.5. The van der Waals surface area contributed by atoms with Gasteiger partial charge in [-0.2, -0.15) is 5.10 Å². The van der Waals surface area contributed by atoms with Gasteiger partial charge in [-0.1, -0.05) is 6.07 Å². The van der Waals surface area contributed by atoms with Crippen LogP contribution < -0.4 is 10.6 Å². The van der Waals surface area contributed by atoms with Gasteiger partial charge in [0, 0.05) is 36.3 Å². The van der Waals surface area contributed by atoms with E-state index in [1.165, 1.54) is 36.4 Å². The highest BCUT2D eigenvalue weighted by Gasteiger charge is 2.24. The van der Waals surface area contributed by atoms with Crippen molar-refractivity contribution in [3.63, 3.8) is 0 Å². The Balaban J connectivity index is 1.67. The van der Waals surface area contributed by atoms with E-state index in [2.05, 4.69) is 58.9 Å². The maximum absolute atomic E-state index is 5.20. The normalized spacial score (nSPS) is 16.2. The Kier molecular flexibility index (Phi) is 8.72. The van der Waals surface area contributed by atoms with E-state index < -0.39 is 0 Å².